The van der Waals surface area contributed by atoms with Crippen LogP contribution in [0.4, 0.5) is 0 Å². The Balaban J connectivity index is 1.30. The summed E-state index contributed by atoms with van der Waals surface area (Å²) in [5.74, 6) is 1.90. The topological polar surface area (TPSA) is 28.4 Å². The standard InChI is InChI=1S/C19H26N2O/c1-2-5-18(6-3-1)16-21-12-9-17(10-13-21)8-11-20-15-19-7-4-14-22-19/h1-7,14,17,20H,8-13,15-16H2. The smallest absolute Gasteiger partial charge is 0.117 e. The summed E-state index contributed by atoms with van der Waals surface area (Å²) in [4.78, 5) is 2.59. The normalized spacial score (nSPS) is 16.9. The fourth-order valence-corrected chi connectivity index (χ4v) is 3.21. The zero-order chi connectivity index (χ0) is 15.0. The van der Waals surface area contributed by atoms with Gasteiger partial charge in [-0.15, -0.1) is 0 Å². The van der Waals surface area contributed by atoms with E-state index in [1.54, 1.807) is 6.26 Å². The van der Waals surface area contributed by atoms with Crippen LogP contribution in [0, 0.1) is 5.92 Å². The van der Waals surface area contributed by atoms with E-state index in [0.29, 0.717) is 0 Å². The second-order valence-corrected chi connectivity index (χ2v) is 6.25. The molecule has 0 saturated carbocycles. The molecule has 1 aliphatic rings. The SMILES string of the molecule is c1ccc(CN2CCC(CCNCc3ccco3)CC2)cc1. The Labute approximate surface area is 133 Å². The van der Waals surface area contributed by atoms with Crippen LogP contribution in [-0.2, 0) is 13.1 Å². The first-order valence-electron chi connectivity index (χ1n) is 8.39. The number of rotatable bonds is 7. The quantitative estimate of drug-likeness (QED) is 0.791. The molecule has 0 bridgehead atoms. The second kappa shape index (κ2) is 8.16. The second-order valence-electron chi connectivity index (χ2n) is 6.25. The molecule has 0 atom stereocenters. The van der Waals surface area contributed by atoms with Gasteiger partial charge in [-0.1, -0.05) is 30.3 Å². The number of hydrogen-bond donors (Lipinski definition) is 1. The van der Waals surface area contributed by atoms with E-state index in [2.05, 4.69) is 40.5 Å². The summed E-state index contributed by atoms with van der Waals surface area (Å²) in [6.45, 7) is 5.50. The predicted molar refractivity (Wildman–Crippen MR) is 89.5 cm³/mol. The minimum Gasteiger partial charge on any atom is -0.468 e. The van der Waals surface area contributed by atoms with Crippen molar-refractivity contribution in [3.05, 3.63) is 60.1 Å². The molecule has 0 radical (unpaired) electrons. The third-order valence-electron chi connectivity index (χ3n) is 4.56. The van der Waals surface area contributed by atoms with Gasteiger partial charge in [0, 0.05) is 6.54 Å². The molecule has 1 aromatic carbocycles. The van der Waals surface area contributed by atoms with Gasteiger partial charge in [0.05, 0.1) is 12.8 Å². The zero-order valence-corrected chi connectivity index (χ0v) is 13.2. The van der Waals surface area contributed by atoms with Gasteiger partial charge in [0.25, 0.3) is 0 Å². The molecule has 2 aromatic rings. The first-order chi connectivity index (χ1) is 10.9. The highest BCUT2D eigenvalue weighted by Gasteiger charge is 2.18. The lowest BCUT2D eigenvalue weighted by molar-refractivity contribution is 0.172. The van der Waals surface area contributed by atoms with E-state index in [1.165, 1.54) is 37.9 Å². The average molecular weight is 298 g/mol. The third kappa shape index (κ3) is 4.72. The maximum Gasteiger partial charge on any atom is 0.117 e. The summed E-state index contributed by atoms with van der Waals surface area (Å²) in [5, 5.41) is 3.48. The van der Waals surface area contributed by atoms with Crippen LogP contribution < -0.4 is 5.32 Å². The van der Waals surface area contributed by atoms with Crippen LogP contribution >= 0.6 is 0 Å². The molecule has 3 rings (SSSR count). The number of likely N-dealkylation sites (tertiary alicyclic amines) is 1. The van der Waals surface area contributed by atoms with Crippen molar-refractivity contribution in [1.29, 1.82) is 0 Å². The summed E-state index contributed by atoms with van der Waals surface area (Å²) in [5.41, 5.74) is 1.43. The van der Waals surface area contributed by atoms with Crippen LogP contribution in [-0.4, -0.2) is 24.5 Å². The largest absolute Gasteiger partial charge is 0.468 e. The Kier molecular flexibility index (Phi) is 5.68. The van der Waals surface area contributed by atoms with Crippen molar-refractivity contribution < 1.29 is 4.42 Å². The Morgan fingerprint density at radius 1 is 1.05 bits per heavy atom. The van der Waals surface area contributed by atoms with Gasteiger partial charge in [-0.3, -0.25) is 4.90 Å². The molecule has 3 heteroatoms. The summed E-state index contributed by atoms with van der Waals surface area (Å²) in [6.07, 6.45) is 5.67. The lowest BCUT2D eigenvalue weighted by Gasteiger charge is -2.32. The molecule has 0 spiro atoms. The zero-order valence-electron chi connectivity index (χ0n) is 13.2. The van der Waals surface area contributed by atoms with Gasteiger partial charge in [0.2, 0.25) is 0 Å². The maximum atomic E-state index is 5.33. The average Bonchev–Trinajstić information content (AvgIpc) is 3.07. The van der Waals surface area contributed by atoms with E-state index < -0.39 is 0 Å². The van der Waals surface area contributed by atoms with Crippen molar-refractivity contribution in [2.45, 2.75) is 32.4 Å². The molecule has 1 N–H and O–H groups in total. The van der Waals surface area contributed by atoms with Gasteiger partial charge in [0.15, 0.2) is 0 Å². The van der Waals surface area contributed by atoms with Crippen LogP contribution in [0.2, 0.25) is 0 Å². The predicted octanol–water partition coefficient (Wildman–Crippen LogP) is 3.67. The van der Waals surface area contributed by atoms with Crippen LogP contribution in [0.3, 0.4) is 0 Å². The van der Waals surface area contributed by atoms with Gasteiger partial charge < -0.3 is 9.73 Å². The Morgan fingerprint density at radius 2 is 1.86 bits per heavy atom. The molecular weight excluding hydrogens is 272 g/mol. The van der Waals surface area contributed by atoms with Gasteiger partial charge in [-0.05, 0) is 62.5 Å². The minimum atomic E-state index is 0.847. The number of furan rings is 1. The van der Waals surface area contributed by atoms with Crippen molar-refractivity contribution >= 4 is 0 Å². The van der Waals surface area contributed by atoms with Gasteiger partial charge in [-0.25, -0.2) is 0 Å². The molecule has 22 heavy (non-hydrogen) atoms. The first-order valence-corrected chi connectivity index (χ1v) is 8.39. The van der Waals surface area contributed by atoms with E-state index in [-0.39, 0.29) is 0 Å². The van der Waals surface area contributed by atoms with Crippen LogP contribution in [0.5, 0.6) is 0 Å². The lowest BCUT2D eigenvalue weighted by atomic mass is 9.93. The Hall–Kier alpha value is -1.58. The van der Waals surface area contributed by atoms with E-state index in [0.717, 1.165) is 31.3 Å². The molecule has 1 fully saturated rings. The Morgan fingerprint density at radius 3 is 2.59 bits per heavy atom. The fraction of sp³-hybridized carbons (Fsp3) is 0.474. The number of benzene rings is 1. The van der Waals surface area contributed by atoms with Gasteiger partial charge in [-0.2, -0.15) is 0 Å². The number of piperidine rings is 1. The molecule has 118 valence electrons. The number of hydrogen-bond acceptors (Lipinski definition) is 3. The van der Waals surface area contributed by atoms with Crippen LogP contribution in [0.25, 0.3) is 0 Å². The minimum absolute atomic E-state index is 0.847. The highest BCUT2D eigenvalue weighted by Crippen LogP contribution is 2.21. The molecule has 1 aliphatic heterocycles. The van der Waals surface area contributed by atoms with E-state index >= 15 is 0 Å². The molecule has 3 nitrogen and oxygen atoms in total. The van der Waals surface area contributed by atoms with Crippen molar-refractivity contribution in [2.24, 2.45) is 5.92 Å². The van der Waals surface area contributed by atoms with Crippen LogP contribution in [0.1, 0.15) is 30.6 Å². The highest BCUT2D eigenvalue weighted by atomic mass is 16.3. The van der Waals surface area contributed by atoms with Crippen molar-refractivity contribution in [2.75, 3.05) is 19.6 Å². The molecular formula is C19H26N2O. The summed E-state index contributed by atoms with van der Waals surface area (Å²) in [7, 11) is 0. The van der Waals surface area contributed by atoms with Gasteiger partial charge in [0.1, 0.15) is 5.76 Å². The molecule has 0 amide bonds. The summed E-state index contributed by atoms with van der Waals surface area (Å²) >= 11 is 0. The first kappa shape index (κ1) is 15.3. The molecule has 0 aliphatic carbocycles. The number of nitrogens with one attached hydrogen (secondary N) is 1. The molecule has 0 unspecified atom stereocenters. The Bertz CT molecular complexity index is 516. The monoisotopic (exact) mass is 298 g/mol. The molecule has 2 heterocycles. The van der Waals surface area contributed by atoms with Gasteiger partial charge >= 0.3 is 0 Å². The van der Waals surface area contributed by atoms with Crippen molar-refractivity contribution in [3.8, 4) is 0 Å². The maximum absolute atomic E-state index is 5.33. The number of nitrogens with zero attached hydrogens (tertiary/aromatic N) is 1. The van der Waals surface area contributed by atoms with Crippen LogP contribution in [0.15, 0.2) is 53.1 Å². The van der Waals surface area contributed by atoms with E-state index in [9.17, 15) is 0 Å². The summed E-state index contributed by atoms with van der Waals surface area (Å²) in [6, 6.07) is 14.8. The lowest BCUT2D eigenvalue weighted by Crippen LogP contribution is -2.34. The van der Waals surface area contributed by atoms with E-state index in [1.807, 2.05) is 12.1 Å². The molecule has 1 aromatic heterocycles. The molecule has 1 saturated heterocycles. The highest BCUT2D eigenvalue weighted by molar-refractivity contribution is 5.14. The fourth-order valence-electron chi connectivity index (χ4n) is 3.21. The summed E-state index contributed by atoms with van der Waals surface area (Å²) < 4.78 is 5.33. The van der Waals surface area contributed by atoms with E-state index in [4.69, 9.17) is 4.42 Å². The van der Waals surface area contributed by atoms with Crippen molar-refractivity contribution in [3.63, 3.8) is 0 Å². The third-order valence-corrected chi connectivity index (χ3v) is 4.56. The van der Waals surface area contributed by atoms with Crippen molar-refractivity contribution in [1.82, 2.24) is 10.2 Å².